The predicted octanol–water partition coefficient (Wildman–Crippen LogP) is 4.24. The van der Waals surface area contributed by atoms with Gasteiger partial charge in [-0.1, -0.05) is 35.3 Å². The summed E-state index contributed by atoms with van der Waals surface area (Å²) in [6, 6.07) is 10.8. The van der Waals surface area contributed by atoms with Crippen LogP contribution in [0.4, 0.5) is 0 Å². The number of ether oxygens (including phenoxy) is 1. The van der Waals surface area contributed by atoms with Crippen LogP contribution in [0.2, 0.25) is 0 Å². The number of hydrogen-bond acceptors (Lipinski definition) is 2. The standard InChI is InChI=1S/C13H10Cl2O2/c14-13(15)5-6-17-12-4-2-9-7-11(16)3-1-10(9)8-12/h1-5,7-8,16H,6H2. The monoisotopic (exact) mass is 268 g/mol. The highest BCUT2D eigenvalue weighted by Gasteiger charge is 1.98. The van der Waals surface area contributed by atoms with Gasteiger partial charge in [-0.3, -0.25) is 0 Å². The van der Waals surface area contributed by atoms with Gasteiger partial charge in [0.15, 0.2) is 0 Å². The van der Waals surface area contributed by atoms with Gasteiger partial charge in [0, 0.05) is 0 Å². The molecule has 17 heavy (non-hydrogen) atoms. The average molecular weight is 269 g/mol. The Morgan fingerprint density at radius 3 is 2.59 bits per heavy atom. The highest BCUT2D eigenvalue weighted by molar-refractivity contribution is 6.55. The van der Waals surface area contributed by atoms with Crippen molar-refractivity contribution in [2.75, 3.05) is 6.61 Å². The van der Waals surface area contributed by atoms with Crippen molar-refractivity contribution in [2.45, 2.75) is 0 Å². The summed E-state index contributed by atoms with van der Waals surface area (Å²) in [5.74, 6) is 0.983. The number of hydrogen-bond donors (Lipinski definition) is 1. The number of aromatic hydroxyl groups is 1. The van der Waals surface area contributed by atoms with Crippen LogP contribution < -0.4 is 4.74 Å². The molecule has 88 valence electrons. The van der Waals surface area contributed by atoms with Crippen molar-refractivity contribution in [1.82, 2.24) is 0 Å². The van der Waals surface area contributed by atoms with Crippen LogP contribution in [0, 0.1) is 0 Å². The minimum absolute atomic E-state index is 0.190. The Hall–Kier alpha value is -1.38. The second kappa shape index (κ2) is 5.30. The molecule has 2 aromatic carbocycles. The van der Waals surface area contributed by atoms with Crippen LogP contribution in [-0.4, -0.2) is 11.7 Å². The second-order valence-electron chi connectivity index (χ2n) is 3.50. The third-order valence-electron chi connectivity index (χ3n) is 2.28. The van der Waals surface area contributed by atoms with E-state index in [0.29, 0.717) is 6.61 Å². The van der Waals surface area contributed by atoms with Crippen molar-refractivity contribution in [1.29, 1.82) is 0 Å². The number of fused-ring (bicyclic) bond motifs is 1. The lowest BCUT2D eigenvalue weighted by atomic mass is 10.1. The molecule has 0 spiro atoms. The molecular formula is C13H10Cl2O2. The normalized spacial score (nSPS) is 10.2. The van der Waals surface area contributed by atoms with Crippen molar-refractivity contribution in [3.63, 3.8) is 0 Å². The summed E-state index contributed by atoms with van der Waals surface area (Å²) >= 11 is 11.0. The molecule has 0 unspecified atom stereocenters. The fraction of sp³-hybridized carbons (Fsp3) is 0.0769. The Morgan fingerprint density at radius 1 is 1.12 bits per heavy atom. The minimum atomic E-state index is 0.190. The molecule has 0 radical (unpaired) electrons. The smallest absolute Gasteiger partial charge is 0.120 e. The lowest BCUT2D eigenvalue weighted by Crippen LogP contribution is -1.93. The molecule has 2 rings (SSSR count). The molecule has 0 saturated heterocycles. The van der Waals surface area contributed by atoms with Gasteiger partial charge in [0.1, 0.15) is 22.6 Å². The summed E-state index contributed by atoms with van der Waals surface area (Å²) in [7, 11) is 0. The molecule has 2 aromatic rings. The van der Waals surface area contributed by atoms with Gasteiger partial charge in [0.2, 0.25) is 0 Å². The van der Waals surface area contributed by atoms with E-state index in [1.54, 1.807) is 18.2 Å². The van der Waals surface area contributed by atoms with Crippen LogP contribution in [0.1, 0.15) is 0 Å². The van der Waals surface area contributed by atoms with Crippen LogP contribution in [0.5, 0.6) is 11.5 Å². The molecule has 0 amide bonds. The van der Waals surface area contributed by atoms with Crippen molar-refractivity contribution in [3.8, 4) is 11.5 Å². The van der Waals surface area contributed by atoms with E-state index in [2.05, 4.69) is 0 Å². The molecule has 0 bridgehead atoms. The van der Waals surface area contributed by atoms with E-state index in [0.717, 1.165) is 16.5 Å². The van der Waals surface area contributed by atoms with Gasteiger partial charge >= 0.3 is 0 Å². The molecule has 0 aliphatic rings. The van der Waals surface area contributed by atoms with Gasteiger partial charge < -0.3 is 9.84 Å². The average Bonchev–Trinajstić information content (AvgIpc) is 2.29. The zero-order valence-corrected chi connectivity index (χ0v) is 10.4. The summed E-state index contributed by atoms with van der Waals surface area (Å²) in [6.07, 6.45) is 1.57. The van der Waals surface area contributed by atoms with E-state index >= 15 is 0 Å². The first-order valence-corrected chi connectivity index (χ1v) is 5.77. The summed E-state index contributed by atoms with van der Waals surface area (Å²) in [4.78, 5) is 0. The van der Waals surface area contributed by atoms with Crippen molar-refractivity contribution >= 4 is 34.0 Å². The van der Waals surface area contributed by atoms with Gasteiger partial charge in [0.25, 0.3) is 0 Å². The van der Waals surface area contributed by atoms with E-state index in [-0.39, 0.29) is 10.2 Å². The highest BCUT2D eigenvalue weighted by Crippen LogP contribution is 2.24. The van der Waals surface area contributed by atoms with Crippen molar-refractivity contribution in [2.24, 2.45) is 0 Å². The van der Waals surface area contributed by atoms with E-state index in [4.69, 9.17) is 27.9 Å². The van der Waals surface area contributed by atoms with E-state index < -0.39 is 0 Å². The van der Waals surface area contributed by atoms with Crippen LogP contribution in [-0.2, 0) is 0 Å². The maximum Gasteiger partial charge on any atom is 0.120 e. The van der Waals surface area contributed by atoms with Crippen LogP contribution in [0.15, 0.2) is 47.0 Å². The molecule has 0 aliphatic carbocycles. The van der Waals surface area contributed by atoms with Gasteiger partial charge in [-0.25, -0.2) is 0 Å². The van der Waals surface area contributed by atoms with E-state index in [1.807, 2.05) is 24.3 Å². The zero-order valence-electron chi connectivity index (χ0n) is 8.86. The van der Waals surface area contributed by atoms with Crippen molar-refractivity contribution < 1.29 is 9.84 Å². The molecule has 0 aromatic heterocycles. The van der Waals surface area contributed by atoms with Crippen LogP contribution >= 0.6 is 23.2 Å². The molecule has 0 aliphatic heterocycles. The highest BCUT2D eigenvalue weighted by atomic mass is 35.5. The number of phenolic OH excluding ortho intramolecular Hbond substituents is 1. The minimum Gasteiger partial charge on any atom is -0.508 e. The number of phenols is 1. The summed E-state index contributed by atoms with van der Waals surface area (Å²) in [6.45, 7) is 0.325. The Balaban J connectivity index is 2.20. The first-order chi connectivity index (χ1) is 8.15. The van der Waals surface area contributed by atoms with Crippen LogP contribution in [0.3, 0.4) is 0 Å². The lowest BCUT2D eigenvalue weighted by molar-refractivity contribution is 0.363. The first kappa shape index (κ1) is 12.1. The quantitative estimate of drug-likeness (QED) is 0.902. The topological polar surface area (TPSA) is 29.5 Å². The maximum absolute atomic E-state index is 9.33. The molecule has 0 saturated carbocycles. The third kappa shape index (κ3) is 3.29. The molecule has 0 atom stereocenters. The summed E-state index contributed by atoms with van der Waals surface area (Å²) < 4.78 is 5.64. The molecule has 0 heterocycles. The van der Waals surface area contributed by atoms with Gasteiger partial charge in [0.05, 0.1) is 0 Å². The lowest BCUT2D eigenvalue weighted by Gasteiger charge is -2.05. The Morgan fingerprint density at radius 2 is 1.82 bits per heavy atom. The maximum atomic E-state index is 9.33. The summed E-state index contributed by atoms with van der Waals surface area (Å²) in [5, 5.41) is 11.3. The number of halogens is 2. The van der Waals surface area contributed by atoms with Crippen molar-refractivity contribution in [3.05, 3.63) is 47.0 Å². The molecule has 0 fully saturated rings. The van der Waals surface area contributed by atoms with E-state index in [1.165, 1.54) is 0 Å². The van der Waals surface area contributed by atoms with Gasteiger partial charge in [-0.05, 0) is 41.1 Å². The molecule has 4 heteroatoms. The first-order valence-electron chi connectivity index (χ1n) is 5.02. The Bertz CT molecular complexity index is 560. The predicted molar refractivity (Wildman–Crippen MR) is 70.9 cm³/mol. The summed E-state index contributed by atoms with van der Waals surface area (Å²) in [5.41, 5.74) is 0. The van der Waals surface area contributed by atoms with Crippen LogP contribution in [0.25, 0.3) is 10.8 Å². The SMILES string of the molecule is Oc1ccc2cc(OCC=C(Cl)Cl)ccc2c1. The Kier molecular flexibility index (Phi) is 3.77. The van der Waals surface area contributed by atoms with E-state index in [9.17, 15) is 5.11 Å². The molecule has 2 nitrogen and oxygen atoms in total. The fourth-order valence-corrected chi connectivity index (χ4v) is 1.63. The van der Waals surface area contributed by atoms with Gasteiger partial charge in [-0.2, -0.15) is 0 Å². The number of benzene rings is 2. The Labute approximate surface area is 109 Å². The van der Waals surface area contributed by atoms with Gasteiger partial charge in [-0.15, -0.1) is 0 Å². The zero-order chi connectivity index (χ0) is 12.3. The molecular weight excluding hydrogens is 259 g/mol. The third-order valence-corrected chi connectivity index (χ3v) is 2.59. The largest absolute Gasteiger partial charge is 0.508 e. The second-order valence-corrected chi connectivity index (χ2v) is 4.51. The number of rotatable bonds is 3. The fourth-order valence-electron chi connectivity index (χ4n) is 1.50. The molecule has 1 N–H and O–H groups in total.